The monoisotopic (exact) mass is 1860 g/mol. The lowest BCUT2D eigenvalue weighted by Crippen LogP contribution is -2.01. The minimum Gasteiger partial charge on any atom is -0.269 e. The number of hydrogen-bond acceptors (Lipinski definition) is 9. The van der Waals surface area contributed by atoms with Crippen molar-refractivity contribution in [3.8, 4) is 191 Å². The molecule has 26 rings (SSSR count). The van der Waals surface area contributed by atoms with Crippen LogP contribution in [-0.4, -0.2) is 46.1 Å². The van der Waals surface area contributed by atoms with Gasteiger partial charge in [-0.1, -0.05) is 473 Å². The van der Waals surface area contributed by atoms with E-state index in [-0.39, 0.29) is 0 Å². The van der Waals surface area contributed by atoms with Gasteiger partial charge in [-0.2, -0.15) is 0 Å². The summed E-state index contributed by atoms with van der Waals surface area (Å²) in [5.74, 6) is 2.39. The molecule has 0 fully saturated rings. The predicted molar refractivity (Wildman–Crippen MR) is 607 cm³/mol. The summed E-state index contributed by atoms with van der Waals surface area (Å²) in [6.45, 7) is 0. The number of aliphatic imine (C=N–C) groups is 1. The topological polar surface area (TPSA) is 115 Å². The number of rotatable bonds is 18. The third kappa shape index (κ3) is 19.1. The van der Waals surface area contributed by atoms with Crippen LogP contribution in [-0.2, 0) is 0 Å². The molecule has 146 heavy (non-hydrogen) atoms. The number of benzene rings is 20. The summed E-state index contributed by atoms with van der Waals surface area (Å²) in [5, 5.41) is 12.5. The van der Waals surface area contributed by atoms with Gasteiger partial charge in [-0.15, -0.1) is 0 Å². The third-order valence-corrected chi connectivity index (χ3v) is 27.6. The molecule has 0 spiro atoms. The molecule has 1 unspecified atom stereocenters. The Balaban J connectivity index is 0.000000118. The van der Waals surface area contributed by atoms with E-state index in [9.17, 15) is 0 Å². The first kappa shape index (κ1) is 89.3. The average Bonchev–Trinajstić information content (AvgIpc) is 0.760. The Kier molecular flexibility index (Phi) is 25.0. The second-order valence-electron chi connectivity index (χ2n) is 36.6. The van der Waals surface area contributed by atoms with E-state index in [1.54, 1.807) is 12.4 Å². The van der Waals surface area contributed by atoms with Gasteiger partial charge in [0, 0.05) is 93.2 Å². The van der Waals surface area contributed by atoms with E-state index in [2.05, 4.69) is 500 Å². The first-order valence-corrected chi connectivity index (χ1v) is 49.4. The summed E-state index contributed by atoms with van der Waals surface area (Å²) in [4.78, 5) is 43.7. The summed E-state index contributed by atoms with van der Waals surface area (Å²) in [6, 6.07) is 178. The molecular weight excluding hydrogens is 1770 g/mol. The Morgan fingerprint density at radius 3 is 0.767 bits per heavy atom. The smallest absolute Gasteiger partial charge is 0.160 e. The molecule has 9 heteroatoms. The molecule has 1 aliphatic rings. The second kappa shape index (κ2) is 40.8. The SMILES string of the molecule is C1=CN=CC(c2ccc(-c3cc(-c4ccc(-c5cc6ccccc6c6ccccc56)cc4)nc(-c4ccc(-c5ccccc5)cc4)n3)cc2)C1.c1ccc(-c2ccc(-c3nc(-c4ccc(-c5cccnc5)cc4)cc(-c4ccc(-c5cccc6ccccc56)cc4)n3)cc2)cc1.c1cncc(-c2ccc(-c3cc(-c4ccc(-c5cccc6ccccc56)cc4)nc(-c4ccc(-c5cccc6ccccc56)cc4)n3)cc2)c1. The van der Waals surface area contributed by atoms with Gasteiger partial charge in [0.2, 0.25) is 0 Å². The standard InChI is InChI=1S/C47H31N3.C47H33N3.C43H29N3/c1-3-13-41-33(8-1)10-5-15-43(41)35-19-25-38(26-20-35)46-30-45(37-23-17-32(18-24-37)40-12-7-29-48-31-40)49-47(50-46)39-27-21-36(22-28-39)44-16-6-11-34-9-2-4-14-42(34)44;1-2-9-32(10-3-1)33-18-26-38(27-19-33)47-49-45(36-22-16-34(17-23-36)40-12-8-28-48-31-40)30-46(50-47)37-24-20-35(21-25-37)44-29-39-11-4-5-13-41(39)42-14-6-7-15-43(42)44;1-2-8-30(9-3-1)31-17-25-37(26-18-31)43-45-41(35-21-15-32(16-22-35)38-12-7-27-44-29-38)28-42(46-43)36-23-19-34(20-24-36)40-14-6-11-33-10-4-5-13-39(33)40/h1-31H;1-11,13-31,40H,12H2;1-29H. The van der Waals surface area contributed by atoms with Gasteiger partial charge in [0.15, 0.2) is 17.5 Å². The molecule has 0 amide bonds. The van der Waals surface area contributed by atoms with Crippen molar-refractivity contribution in [1.82, 2.24) is 39.9 Å². The van der Waals surface area contributed by atoms with Crippen LogP contribution in [0.1, 0.15) is 17.9 Å². The van der Waals surface area contributed by atoms with Gasteiger partial charge in [-0.05, 0) is 191 Å². The molecule has 6 heterocycles. The van der Waals surface area contributed by atoms with Crippen molar-refractivity contribution < 1.29 is 0 Å². The molecule has 0 saturated carbocycles. The summed E-state index contributed by atoms with van der Waals surface area (Å²) >= 11 is 0. The second-order valence-corrected chi connectivity index (χ2v) is 36.6. The molecule has 0 saturated heterocycles. The van der Waals surface area contributed by atoms with E-state index in [0.717, 1.165) is 124 Å². The Hall–Kier alpha value is -19.4. The number of pyridine rings is 2. The van der Waals surface area contributed by atoms with Crippen molar-refractivity contribution in [3.05, 3.63) is 546 Å². The van der Waals surface area contributed by atoms with Gasteiger partial charge in [-0.25, -0.2) is 29.9 Å². The maximum Gasteiger partial charge on any atom is 0.160 e. The van der Waals surface area contributed by atoms with E-state index >= 15 is 0 Å². The molecule has 0 aliphatic carbocycles. The van der Waals surface area contributed by atoms with Crippen molar-refractivity contribution in [3.63, 3.8) is 0 Å². The minimum absolute atomic E-state index is 0.298. The summed E-state index contributed by atoms with van der Waals surface area (Å²) in [5.41, 5.74) is 34.4. The van der Waals surface area contributed by atoms with Gasteiger partial charge in [0.05, 0.1) is 34.2 Å². The van der Waals surface area contributed by atoms with Gasteiger partial charge in [0.25, 0.3) is 0 Å². The molecule has 5 aromatic heterocycles. The van der Waals surface area contributed by atoms with Crippen LogP contribution >= 0.6 is 0 Å². The molecule has 0 bridgehead atoms. The quantitative estimate of drug-likeness (QED) is 0.0780. The number of hydrogen-bond donors (Lipinski definition) is 0. The summed E-state index contributed by atoms with van der Waals surface area (Å²) in [6.07, 6.45) is 14.4. The van der Waals surface area contributed by atoms with E-state index < -0.39 is 0 Å². The van der Waals surface area contributed by atoms with Crippen LogP contribution in [0, 0.1) is 0 Å². The lowest BCUT2D eigenvalue weighted by molar-refractivity contribution is 0.909. The minimum atomic E-state index is 0.298. The molecule has 686 valence electrons. The highest BCUT2D eigenvalue weighted by Gasteiger charge is 2.21. The van der Waals surface area contributed by atoms with Crippen molar-refractivity contribution in [2.45, 2.75) is 12.3 Å². The fraction of sp³-hybridized carbons (Fsp3) is 0.0146. The van der Waals surface area contributed by atoms with Gasteiger partial charge < -0.3 is 0 Å². The van der Waals surface area contributed by atoms with Crippen LogP contribution in [0.25, 0.3) is 245 Å². The van der Waals surface area contributed by atoms with Gasteiger partial charge >= 0.3 is 0 Å². The van der Waals surface area contributed by atoms with Crippen LogP contribution in [0.15, 0.2) is 546 Å². The van der Waals surface area contributed by atoms with E-state index in [4.69, 9.17) is 29.9 Å². The van der Waals surface area contributed by atoms with E-state index in [1.165, 1.54) is 115 Å². The van der Waals surface area contributed by atoms with E-state index in [1.807, 2.05) is 49.1 Å². The first-order chi connectivity index (χ1) is 72.3. The fourth-order valence-electron chi connectivity index (χ4n) is 19.8. The third-order valence-electron chi connectivity index (χ3n) is 27.6. The number of allylic oxidation sites excluding steroid dienone is 1. The molecular formula is C137H93N9. The summed E-state index contributed by atoms with van der Waals surface area (Å²) < 4.78 is 0. The Morgan fingerprint density at radius 1 is 0.171 bits per heavy atom. The fourth-order valence-corrected chi connectivity index (χ4v) is 19.8. The van der Waals surface area contributed by atoms with Crippen molar-refractivity contribution >= 4 is 60.1 Å². The van der Waals surface area contributed by atoms with Crippen molar-refractivity contribution in [2.75, 3.05) is 0 Å². The Morgan fingerprint density at radius 2 is 0.432 bits per heavy atom. The molecule has 25 aromatic rings. The molecule has 20 aromatic carbocycles. The number of aromatic nitrogens is 8. The maximum atomic E-state index is 5.15. The highest BCUT2D eigenvalue weighted by molar-refractivity contribution is 6.14. The number of nitrogens with zero attached hydrogens (tertiary/aromatic N) is 9. The molecule has 9 nitrogen and oxygen atoms in total. The lowest BCUT2D eigenvalue weighted by atomic mass is 9.92. The normalized spacial score (nSPS) is 12.1. The highest BCUT2D eigenvalue weighted by Crippen LogP contribution is 2.42. The summed E-state index contributed by atoms with van der Waals surface area (Å²) in [7, 11) is 0. The maximum absolute atomic E-state index is 5.15. The van der Waals surface area contributed by atoms with Crippen LogP contribution in [0.4, 0.5) is 0 Å². The zero-order valence-electron chi connectivity index (χ0n) is 79.8. The van der Waals surface area contributed by atoms with E-state index in [0.29, 0.717) is 23.4 Å². The van der Waals surface area contributed by atoms with Crippen LogP contribution in [0.3, 0.4) is 0 Å². The average molecular weight is 1870 g/mol. The first-order valence-electron chi connectivity index (χ1n) is 49.4. The lowest BCUT2D eigenvalue weighted by Gasteiger charge is -2.14. The van der Waals surface area contributed by atoms with Crippen molar-refractivity contribution in [2.24, 2.45) is 4.99 Å². The zero-order valence-corrected chi connectivity index (χ0v) is 79.8. The van der Waals surface area contributed by atoms with Gasteiger partial charge in [-0.3, -0.25) is 15.0 Å². The van der Waals surface area contributed by atoms with Gasteiger partial charge in [0.1, 0.15) is 0 Å². The van der Waals surface area contributed by atoms with Crippen LogP contribution < -0.4 is 0 Å². The molecule has 0 N–H and O–H groups in total. The van der Waals surface area contributed by atoms with Crippen molar-refractivity contribution in [1.29, 1.82) is 0 Å². The molecule has 1 atom stereocenters. The number of fused-ring (bicyclic) bond motifs is 6. The zero-order chi connectivity index (χ0) is 97.3. The predicted octanol–water partition coefficient (Wildman–Crippen LogP) is 35.4. The van der Waals surface area contributed by atoms with Crippen LogP contribution in [0.2, 0.25) is 0 Å². The Labute approximate surface area is 848 Å². The van der Waals surface area contributed by atoms with Crippen LogP contribution in [0.5, 0.6) is 0 Å². The highest BCUT2D eigenvalue weighted by atomic mass is 14.9. The molecule has 0 radical (unpaired) electrons. The molecule has 1 aliphatic heterocycles. The largest absolute Gasteiger partial charge is 0.269 e. The Bertz CT molecular complexity index is 8830.